The van der Waals surface area contributed by atoms with Crippen LogP contribution in [-0.2, 0) is 9.53 Å². The Bertz CT molecular complexity index is 565. The van der Waals surface area contributed by atoms with E-state index in [9.17, 15) is 4.79 Å². The minimum absolute atomic E-state index is 0.110. The van der Waals surface area contributed by atoms with Crippen molar-refractivity contribution in [1.82, 2.24) is 9.80 Å². The summed E-state index contributed by atoms with van der Waals surface area (Å²) in [5.74, 6) is 0.155. The van der Waals surface area contributed by atoms with Gasteiger partial charge in [-0.15, -0.1) is 0 Å². The van der Waals surface area contributed by atoms with Gasteiger partial charge in [0.15, 0.2) is 0 Å². The topological polar surface area (TPSA) is 56.6 Å². The highest BCUT2D eigenvalue weighted by atomic mass is 16.5. The lowest BCUT2D eigenvalue weighted by Gasteiger charge is -2.34. The van der Waals surface area contributed by atoms with Gasteiger partial charge in [0.1, 0.15) is 0 Å². The number of hydrogen-bond acceptors (Lipinski definition) is 4. The normalized spacial score (nSPS) is 19.4. The van der Waals surface area contributed by atoms with Gasteiger partial charge in [0.05, 0.1) is 30.9 Å². The van der Waals surface area contributed by atoms with Crippen LogP contribution in [0.4, 0.5) is 0 Å². The quantitative estimate of drug-likeness (QED) is 0.836. The molecule has 23 heavy (non-hydrogen) atoms. The molecule has 2 rings (SSSR count). The molecule has 0 N–H and O–H groups in total. The van der Waals surface area contributed by atoms with Gasteiger partial charge >= 0.3 is 0 Å². The molecule has 5 heteroatoms. The lowest BCUT2D eigenvalue weighted by Crippen LogP contribution is -2.48. The summed E-state index contributed by atoms with van der Waals surface area (Å²) in [4.78, 5) is 16.6. The summed E-state index contributed by atoms with van der Waals surface area (Å²) in [5, 5.41) is 8.89. The molecule has 1 amide bonds. The molecular weight excluding hydrogens is 290 g/mol. The molecule has 1 heterocycles. The first-order valence-electron chi connectivity index (χ1n) is 8.18. The van der Waals surface area contributed by atoms with E-state index in [1.807, 2.05) is 36.1 Å². The summed E-state index contributed by atoms with van der Waals surface area (Å²) in [6.07, 6.45) is 0.110. The van der Waals surface area contributed by atoms with Crippen LogP contribution in [0.25, 0.3) is 0 Å². The average molecular weight is 315 g/mol. The van der Waals surface area contributed by atoms with Gasteiger partial charge < -0.3 is 9.64 Å². The number of ether oxygens (including phenoxy) is 1. The minimum Gasteiger partial charge on any atom is -0.375 e. The number of benzene rings is 1. The summed E-state index contributed by atoms with van der Waals surface area (Å²) >= 11 is 0. The maximum absolute atomic E-state index is 12.5. The van der Waals surface area contributed by atoms with Crippen LogP contribution in [0.2, 0.25) is 0 Å². The number of likely N-dealkylation sites (N-methyl/N-ethyl adjacent to an activating group) is 1. The van der Waals surface area contributed by atoms with Crippen LogP contribution in [0.15, 0.2) is 24.3 Å². The molecule has 0 aromatic heterocycles. The molecule has 1 aromatic carbocycles. The SMILES string of the molecule is CCN(CC(=O)N1CCO[C@H](C)C1)[C@@H](C)c1ccc(C#N)cc1. The molecule has 0 spiro atoms. The van der Waals surface area contributed by atoms with E-state index in [4.69, 9.17) is 10.00 Å². The van der Waals surface area contributed by atoms with E-state index >= 15 is 0 Å². The Balaban J connectivity index is 2.00. The monoisotopic (exact) mass is 315 g/mol. The van der Waals surface area contributed by atoms with Gasteiger partial charge in [-0.25, -0.2) is 0 Å². The lowest BCUT2D eigenvalue weighted by molar-refractivity contribution is -0.139. The fourth-order valence-electron chi connectivity index (χ4n) is 2.89. The van der Waals surface area contributed by atoms with Crippen LogP contribution in [0.1, 0.15) is 37.9 Å². The maximum atomic E-state index is 12.5. The van der Waals surface area contributed by atoms with E-state index in [0.717, 1.165) is 12.1 Å². The summed E-state index contributed by atoms with van der Waals surface area (Å²) in [6.45, 7) is 9.32. The highest BCUT2D eigenvalue weighted by Crippen LogP contribution is 2.20. The van der Waals surface area contributed by atoms with E-state index in [2.05, 4.69) is 24.8 Å². The Morgan fingerprint density at radius 2 is 2.17 bits per heavy atom. The number of morpholine rings is 1. The van der Waals surface area contributed by atoms with Crippen molar-refractivity contribution in [3.63, 3.8) is 0 Å². The lowest BCUT2D eigenvalue weighted by atomic mass is 10.0. The number of nitriles is 1. The van der Waals surface area contributed by atoms with Gasteiger partial charge in [0, 0.05) is 19.1 Å². The first kappa shape index (κ1) is 17.5. The molecule has 0 unspecified atom stereocenters. The summed E-state index contributed by atoms with van der Waals surface area (Å²) in [5.41, 5.74) is 1.77. The molecule has 1 fully saturated rings. The third-order valence-electron chi connectivity index (χ3n) is 4.41. The van der Waals surface area contributed by atoms with Gasteiger partial charge in [-0.05, 0) is 38.1 Å². The van der Waals surface area contributed by atoms with Crippen LogP contribution in [0.3, 0.4) is 0 Å². The largest absolute Gasteiger partial charge is 0.375 e. The smallest absolute Gasteiger partial charge is 0.236 e. The average Bonchev–Trinajstić information content (AvgIpc) is 2.59. The number of carbonyl (C=O) groups is 1. The number of nitrogens with zero attached hydrogens (tertiary/aromatic N) is 3. The second kappa shape index (κ2) is 8.09. The van der Waals surface area contributed by atoms with Crippen molar-refractivity contribution in [2.24, 2.45) is 0 Å². The first-order valence-corrected chi connectivity index (χ1v) is 8.18. The Morgan fingerprint density at radius 3 is 2.74 bits per heavy atom. The van der Waals surface area contributed by atoms with Gasteiger partial charge in [0.2, 0.25) is 5.91 Å². The van der Waals surface area contributed by atoms with Crippen molar-refractivity contribution >= 4 is 5.91 Å². The van der Waals surface area contributed by atoms with Crippen LogP contribution in [-0.4, -0.2) is 54.6 Å². The number of hydrogen-bond donors (Lipinski definition) is 0. The minimum atomic E-state index is 0.110. The fourth-order valence-corrected chi connectivity index (χ4v) is 2.89. The van der Waals surface area contributed by atoms with Gasteiger partial charge in [-0.2, -0.15) is 5.26 Å². The molecule has 1 aliphatic rings. The van der Waals surface area contributed by atoms with E-state index in [1.54, 1.807) is 0 Å². The molecule has 1 aliphatic heterocycles. The highest BCUT2D eigenvalue weighted by molar-refractivity contribution is 5.78. The predicted molar refractivity (Wildman–Crippen MR) is 88.8 cm³/mol. The summed E-state index contributed by atoms with van der Waals surface area (Å²) in [7, 11) is 0. The predicted octanol–water partition coefficient (Wildman–Crippen LogP) is 2.19. The molecule has 0 saturated carbocycles. The fraction of sp³-hybridized carbons (Fsp3) is 0.556. The van der Waals surface area contributed by atoms with Crippen molar-refractivity contribution in [3.8, 4) is 6.07 Å². The Morgan fingerprint density at radius 1 is 1.48 bits per heavy atom. The van der Waals surface area contributed by atoms with E-state index in [-0.39, 0.29) is 18.1 Å². The maximum Gasteiger partial charge on any atom is 0.236 e. The van der Waals surface area contributed by atoms with E-state index in [1.165, 1.54) is 0 Å². The van der Waals surface area contributed by atoms with Gasteiger partial charge in [0.25, 0.3) is 0 Å². The standard InChI is InChI=1S/C18H25N3O2/c1-4-20(13-18(22)21-9-10-23-14(2)12-21)15(3)17-7-5-16(11-19)6-8-17/h5-8,14-15H,4,9-10,12-13H2,1-3H3/t14-,15+/m1/s1. The molecular formula is C18H25N3O2. The third-order valence-corrected chi connectivity index (χ3v) is 4.41. The zero-order chi connectivity index (χ0) is 16.8. The van der Waals surface area contributed by atoms with Crippen LogP contribution < -0.4 is 0 Å². The second-order valence-electron chi connectivity index (χ2n) is 5.99. The summed E-state index contributed by atoms with van der Waals surface area (Å²) < 4.78 is 5.49. The van der Waals surface area contributed by atoms with Gasteiger partial charge in [-0.3, -0.25) is 9.69 Å². The molecule has 1 saturated heterocycles. The number of carbonyl (C=O) groups excluding carboxylic acids is 1. The molecule has 124 valence electrons. The second-order valence-corrected chi connectivity index (χ2v) is 5.99. The Kier molecular flexibility index (Phi) is 6.14. The molecule has 0 bridgehead atoms. The van der Waals surface area contributed by atoms with Crippen LogP contribution >= 0.6 is 0 Å². The van der Waals surface area contributed by atoms with Crippen molar-refractivity contribution in [2.75, 3.05) is 32.8 Å². The van der Waals surface area contributed by atoms with Crippen molar-refractivity contribution < 1.29 is 9.53 Å². The zero-order valence-corrected chi connectivity index (χ0v) is 14.2. The van der Waals surface area contributed by atoms with E-state index in [0.29, 0.717) is 31.8 Å². The van der Waals surface area contributed by atoms with Crippen LogP contribution in [0, 0.1) is 11.3 Å². The first-order chi connectivity index (χ1) is 11.0. The third kappa shape index (κ3) is 4.54. The molecule has 0 aliphatic carbocycles. The molecule has 2 atom stereocenters. The molecule has 5 nitrogen and oxygen atoms in total. The van der Waals surface area contributed by atoms with Crippen molar-refractivity contribution in [3.05, 3.63) is 35.4 Å². The molecule has 1 aromatic rings. The number of amides is 1. The Hall–Kier alpha value is -1.90. The summed E-state index contributed by atoms with van der Waals surface area (Å²) in [6, 6.07) is 9.84. The zero-order valence-electron chi connectivity index (χ0n) is 14.2. The van der Waals surface area contributed by atoms with E-state index < -0.39 is 0 Å². The highest BCUT2D eigenvalue weighted by Gasteiger charge is 2.24. The van der Waals surface area contributed by atoms with Crippen molar-refractivity contribution in [1.29, 1.82) is 5.26 Å². The van der Waals surface area contributed by atoms with Crippen LogP contribution in [0.5, 0.6) is 0 Å². The Labute approximate surface area is 138 Å². The van der Waals surface area contributed by atoms with Gasteiger partial charge in [-0.1, -0.05) is 19.1 Å². The van der Waals surface area contributed by atoms with Crippen molar-refractivity contribution in [2.45, 2.75) is 32.9 Å². The molecule has 0 radical (unpaired) electrons. The number of rotatable bonds is 5.